The van der Waals surface area contributed by atoms with Gasteiger partial charge in [0.25, 0.3) is 0 Å². The van der Waals surface area contributed by atoms with Crippen LogP contribution in [0.4, 0.5) is 0 Å². The van der Waals surface area contributed by atoms with Crippen LogP contribution in [-0.2, 0) is 28.7 Å². The van der Waals surface area contributed by atoms with Gasteiger partial charge in [-0.1, -0.05) is 0 Å². The molecule has 1 aliphatic rings. The summed E-state index contributed by atoms with van der Waals surface area (Å²) in [6.45, 7) is 3.31. The quantitative estimate of drug-likeness (QED) is 0.633. The van der Waals surface area contributed by atoms with E-state index in [-0.39, 0.29) is 24.4 Å². The first-order chi connectivity index (χ1) is 10.4. The van der Waals surface area contributed by atoms with Crippen molar-refractivity contribution in [2.45, 2.75) is 51.7 Å². The smallest absolute Gasteiger partial charge is 0.331 e. The lowest BCUT2D eigenvalue weighted by atomic mass is 10.1. The van der Waals surface area contributed by atoms with Crippen LogP contribution in [0, 0.1) is 0 Å². The van der Waals surface area contributed by atoms with Crippen molar-refractivity contribution >= 4 is 23.5 Å². The maximum absolute atomic E-state index is 11.6. The van der Waals surface area contributed by atoms with Gasteiger partial charge in [-0.25, -0.2) is 9.59 Å². The molecule has 0 amide bonds. The molecule has 0 fully saturated rings. The Balaban J connectivity index is 2.75. The summed E-state index contributed by atoms with van der Waals surface area (Å²) in [5.41, 5.74) is 0. The molecule has 0 radical (unpaired) electrons. The third-order valence-corrected chi connectivity index (χ3v) is 3.04. The second kappa shape index (κ2) is 8.92. The average Bonchev–Trinajstić information content (AvgIpc) is 2.46. The third kappa shape index (κ3) is 7.52. The van der Waals surface area contributed by atoms with Crippen molar-refractivity contribution < 1.29 is 28.7 Å². The molecule has 6 nitrogen and oxygen atoms in total. The van der Waals surface area contributed by atoms with Gasteiger partial charge < -0.3 is 9.47 Å². The molecule has 0 aromatic carbocycles. The number of ether oxygens (including phenoxy) is 2. The first-order valence-electron chi connectivity index (χ1n) is 7.20. The van der Waals surface area contributed by atoms with Crippen LogP contribution in [-0.4, -0.2) is 35.7 Å². The minimum atomic E-state index is -0.615. The van der Waals surface area contributed by atoms with Crippen molar-refractivity contribution in [2.75, 3.05) is 0 Å². The largest absolute Gasteiger partial charge is 0.459 e. The Morgan fingerprint density at radius 1 is 0.727 bits per heavy atom. The minimum Gasteiger partial charge on any atom is -0.459 e. The van der Waals surface area contributed by atoms with Gasteiger partial charge in [-0.2, -0.15) is 0 Å². The molecule has 0 aliphatic carbocycles. The fourth-order valence-corrected chi connectivity index (χ4v) is 1.77. The molecule has 0 spiro atoms. The van der Waals surface area contributed by atoms with E-state index in [2.05, 4.69) is 0 Å². The van der Waals surface area contributed by atoms with Crippen molar-refractivity contribution in [3.05, 3.63) is 24.3 Å². The van der Waals surface area contributed by atoms with E-state index in [1.807, 2.05) is 0 Å². The Hall–Kier alpha value is -2.24. The summed E-state index contributed by atoms with van der Waals surface area (Å²) in [4.78, 5) is 46.1. The van der Waals surface area contributed by atoms with Gasteiger partial charge in [-0.05, 0) is 38.8 Å². The van der Waals surface area contributed by atoms with Crippen LogP contribution in [0.3, 0.4) is 0 Å². The Morgan fingerprint density at radius 3 is 1.45 bits per heavy atom. The number of ketones is 2. The van der Waals surface area contributed by atoms with Gasteiger partial charge in [0, 0.05) is 25.0 Å². The number of esters is 2. The maximum atomic E-state index is 11.6. The molecule has 22 heavy (non-hydrogen) atoms. The van der Waals surface area contributed by atoms with Crippen molar-refractivity contribution in [1.82, 2.24) is 0 Å². The van der Waals surface area contributed by atoms with Crippen LogP contribution in [0.2, 0.25) is 0 Å². The standard InChI is InChI=1S/C16H20O6/c1-11-3-5-13(17)8-10-16(20)22-12(2)4-6-14(18)7-9-15(19)21-11/h7-12H,3-6H2,1-2H3/t11-,12-/m1/s1. The zero-order valence-corrected chi connectivity index (χ0v) is 12.7. The van der Waals surface area contributed by atoms with Crippen LogP contribution in [0.25, 0.3) is 0 Å². The van der Waals surface area contributed by atoms with Crippen molar-refractivity contribution in [3.63, 3.8) is 0 Å². The number of hydrogen-bond acceptors (Lipinski definition) is 6. The highest BCUT2D eigenvalue weighted by Gasteiger charge is 2.12. The van der Waals surface area contributed by atoms with Gasteiger partial charge in [-0.15, -0.1) is 0 Å². The average molecular weight is 308 g/mol. The lowest BCUT2D eigenvalue weighted by Gasteiger charge is -2.12. The minimum absolute atomic E-state index is 0.149. The Kier molecular flexibility index (Phi) is 7.22. The van der Waals surface area contributed by atoms with Crippen LogP contribution in [0.15, 0.2) is 24.3 Å². The van der Waals surface area contributed by atoms with Gasteiger partial charge in [0.05, 0.1) is 12.2 Å². The predicted molar refractivity (Wildman–Crippen MR) is 77.9 cm³/mol. The Labute approximate surface area is 129 Å². The number of hydrogen-bond donors (Lipinski definition) is 0. The zero-order valence-electron chi connectivity index (χ0n) is 12.7. The van der Waals surface area contributed by atoms with Crippen LogP contribution >= 0.6 is 0 Å². The highest BCUT2D eigenvalue weighted by atomic mass is 16.5. The topological polar surface area (TPSA) is 86.7 Å². The van der Waals surface area contributed by atoms with Crippen LogP contribution < -0.4 is 0 Å². The molecule has 1 aliphatic heterocycles. The summed E-state index contributed by atoms with van der Waals surface area (Å²) in [5, 5.41) is 0. The molecular formula is C16H20O6. The van der Waals surface area contributed by atoms with E-state index in [9.17, 15) is 19.2 Å². The number of cyclic esters (lactones) is 2. The molecule has 0 bridgehead atoms. The molecule has 6 heteroatoms. The van der Waals surface area contributed by atoms with Gasteiger partial charge in [0.15, 0.2) is 11.6 Å². The maximum Gasteiger partial charge on any atom is 0.331 e. The number of allylic oxidation sites excluding steroid dienone is 2. The summed E-state index contributed by atoms with van der Waals surface area (Å²) in [6.07, 6.45) is 4.51. The fraction of sp³-hybridized carbons (Fsp3) is 0.500. The van der Waals surface area contributed by atoms with Gasteiger partial charge in [0.1, 0.15) is 0 Å². The number of rotatable bonds is 0. The Morgan fingerprint density at radius 2 is 1.09 bits per heavy atom. The first kappa shape index (κ1) is 17.8. The molecule has 0 N–H and O–H groups in total. The van der Waals surface area contributed by atoms with Crippen molar-refractivity contribution in [1.29, 1.82) is 0 Å². The summed E-state index contributed by atoms with van der Waals surface area (Å²) in [6, 6.07) is 0. The molecule has 0 aromatic rings. The Bertz CT molecular complexity index is 457. The first-order valence-corrected chi connectivity index (χ1v) is 7.20. The van der Waals surface area contributed by atoms with Gasteiger partial charge in [-0.3, -0.25) is 9.59 Å². The normalized spacial score (nSPS) is 25.7. The van der Waals surface area contributed by atoms with Gasteiger partial charge in [0.2, 0.25) is 0 Å². The molecule has 0 saturated carbocycles. The van der Waals surface area contributed by atoms with Crippen LogP contribution in [0.1, 0.15) is 39.5 Å². The lowest BCUT2D eigenvalue weighted by molar-refractivity contribution is -0.143. The lowest BCUT2D eigenvalue weighted by Crippen LogP contribution is -2.16. The molecule has 0 saturated heterocycles. The number of carbonyl (C=O) groups excluding carboxylic acids is 4. The van der Waals surface area contributed by atoms with Crippen LogP contribution in [0.5, 0.6) is 0 Å². The third-order valence-electron chi connectivity index (χ3n) is 3.04. The molecule has 2 atom stereocenters. The second-order valence-corrected chi connectivity index (χ2v) is 5.17. The van der Waals surface area contributed by atoms with E-state index in [0.717, 1.165) is 24.3 Å². The molecule has 0 unspecified atom stereocenters. The van der Waals surface area contributed by atoms with Gasteiger partial charge >= 0.3 is 11.9 Å². The zero-order chi connectivity index (χ0) is 16.5. The summed E-state index contributed by atoms with van der Waals surface area (Å²) in [7, 11) is 0. The van der Waals surface area contributed by atoms with E-state index in [4.69, 9.17) is 9.47 Å². The molecular weight excluding hydrogens is 288 g/mol. The van der Waals surface area contributed by atoms with E-state index in [1.165, 1.54) is 0 Å². The van der Waals surface area contributed by atoms with Crippen molar-refractivity contribution in [2.24, 2.45) is 0 Å². The second-order valence-electron chi connectivity index (χ2n) is 5.17. The molecule has 120 valence electrons. The van der Waals surface area contributed by atoms with E-state index in [1.54, 1.807) is 13.8 Å². The summed E-state index contributed by atoms with van der Waals surface area (Å²) < 4.78 is 10.1. The monoisotopic (exact) mass is 308 g/mol. The van der Waals surface area contributed by atoms with Crippen molar-refractivity contribution in [3.8, 4) is 0 Å². The highest BCUT2D eigenvalue weighted by Crippen LogP contribution is 2.07. The molecule has 0 aromatic heterocycles. The predicted octanol–water partition coefficient (Wildman–Crippen LogP) is 1.67. The fourth-order valence-electron chi connectivity index (χ4n) is 1.77. The molecule has 1 rings (SSSR count). The van der Waals surface area contributed by atoms with E-state index >= 15 is 0 Å². The highest BCUT2D eigenvalue weighted by molar-refractivity contribution is 5.96. The molecule has 1 heterocycles. The summed E-state index contributed by atoms with van der Waals surface area (Å²) >= 11 is 0. The summed E-state index contributed by atoms with van der Waals surface area (Å²) in [5.74, 6) is -1.72. The van der Waals surface area contributed by atoms with E-state index in [0.29, 0.717) is 12.8 Å². The van der Waals surface area contributed by atoms with E-state index < -0.39 is 24.1 Å². The SMILES string of the molecule is C[C@@H]1CCC(=O)C=CC(=O)O[C@H](C)CCC(=O)C=CC(=O)O1. The number of carbonyl (C=O) groups is 4.